The second-order valence-electron chi connectivity index (χ2n) is 4.17. The Balaban J connectivity index is 2.76. The van der Waals surface area contributed by atoms with E-state index >= 15 is 0 Å². The van der Waals surface area contributed by atoms with Crippen LogP contribution in [0.5, 0.6) is 11.5 Å². The molecule has 1 N–H and O–H groups in total. The standard InChI is InChI=1S/C13H18ClNO4/c1-15(8-13(16)17)7-10(14)9-4-5-11(18-2)12(6-9)19-3/h4-6,10H,7-8H2,1-3H3,(H,16,17). The van der Waals surface area contributed by atoms with Crippen LogP contribution >= 0.6 is 11.6 Å². The van der Waals surface area contributed by atoms with Crippen molar-refractivity contribution in [3.63, 3.8) is 0 Å². The van der Waals surface area contributed by atoms with Gasteiger partial charge in [-0.05, 0) is 24.7 Å². The molecular formula is C13H18ClNO4. The third-order valence-electron chi connectivity index (χ3n) is 2.65. The van der Waals surface area contributed by atoms with E-state index in [0.29, 0.717) is 18.0 Å². The van der Waals surface area contributed by atoms with Crippen LogP contribution in [0.15, 0.2) is 18.2 Å². The maximum atomic E-state index is 10.6. The van der Waals surface area contributed by atoms with Crippen LogP contribution in [0.4, 0.5) is 0 Å². The van der Waals surface area contributed by atoms with Gasteiger partial charge in [-0.15, -0.1) is 11.6 Å². The highest BCUT2D eigenvalue weighted by Gasteiger charge is 2.15. The van der Waals surface area contributed by atoms with E-state index in [2.05, 4.69) is 0 Å². The van der Waals surface area contributed by atoms with Gasteiger partial charge in [0.25, 0.3) is 0 Å². The molecule has 6 heteroatoms. The zero-order valence-electron chi connectivity index (χ0n) is 11.2. The molecule has 0 heterocycles. The summed E-state index contributed by atoms with van der Waals surface area (Å²) in [5.41, 5.74) is 0.858. The lowest BCUT2D eigenvalue weighted by Gasteiger charge is -2.19. The molecule has 1 aromatic rings. The molecule has 5 nitrogen and oxygen atoms in total. The molecule has 0 bridgehead atoms. The number of hydrogen-bond acceptors (Lipinski definition) is 4. The average molecular weight is 288 g/mol. The number of carboxylic acid groups (broad SMARTS) is 1. The van der Waals surface area contributed by atoms with Gasteiger partial charge in [0.1, 0.15) is 0 Å². The summed E-state index contributed by atoms with van der Waals surface area (Å²) in [6.07, 6.45) is 0. The minimum absolute atomic E-state index is 0.0451. The quantitative estimate of drug-likeness (QED) is 0.777. The number of benzene rings is 1. The lowest BCUT2D eigenvalue weighted by atomic mass is 10.1. The Kier molecular flexibility index (Phi) is 5.92. The maximum absolute atomic E-state index is 10.6. The first-order valence-electron chi connectivity index (χ1n) is 5.74. The number of carbonyl (C=O) groups is 1. The molecule has 1 rings (SSSR count). The van der Waals surface area contributed by atoms with E-state index in [-0.39, 0.29) is 11.9 Å². The van der Waals surface area contributed by atoms with Gasteiger partial charge in [0.2, 0.25) is 0 Å². The third-order valence-corrected chi connectivity index (χ3v) is 3.04. The zero-order chi connectivity index (χ0) is 14.4. The molecule has 0 aliphatic heterocycles. The Morgan fingerprint density at radius 2 is 2.00 bits per heavy atom. The minimum atomic E-state index is -0.876. The van der Waals surface area contributed by atoms with Gasteiger partial charge in [-0.25, -0.2) is 0 Å². The van der Waals surface area contributed by atoms with E-state index in [1.54, 1.807) is 38.3 Å². The van der Waals surface area contributed by atoms with Crippen LogP contribution in [0.25, 0.3) is 0 Å². The van der Waals surface area contributed by atoms with E-state index in [1.807, 2.05) is 6.07 Å². The Labute approximate surface area is 117 Å². The summed E-state index contributed by atoms with van der Waals surface area (Å²) in [5, 5.41) is 8.38. The summed E-state index contributed by atoms with van der Waals surface area (Å²) in [5.74, 6) is 0.360. The number of carboxylic acids is 1. The molecular weight excluding hydrogens is 270 g/mol. The van der Waals surface area contributed by atoms with Crippen LogP contribution < -0.4 is 9.47 Å². The molecule has 0 aliphatic rings. The number of rotatable bonds is 7. The average Bonchev–Trinajstić information content (AvgIpc) is 2.36. The fourth-order valence-electron chi connectivity index (χ4n) is 1.72. The number of hydrogen-bond donors (Lipinski definition) is 1. The molecule has 0 aromatic heterocycles. The first-order valence-corrected chi connectivity index (χ1v) is 6.18. The smallest absolute Gasteiger partial charge is 0.317 e. The summed E-state index contributed by atoms with van der Waals surface area (Å²) in [7, 11) is 4.84. The van der Waals surface area contributed by atoms with Crippen molar-refractivity contribution in [2.45, 2.75) is 5.38 Å². The number of alkyl halides is 1. The normalized spacial score (nSPS) is 12.3. The van der Waals surface area contributed by atoms with Gasteiger partial charge in [-0.1, -0.05) is 6.07 Å². The summed E-state index contributed by atoms with van der Waals surface area (Å²) in [4.78, 5) is 12.2. The monoisotopic (exact) mass is 287 g/mol. The molecule has 0 spiro atoms. The second kappa shape index (κ2) is 7.21. The highest BCUT2D eigenvalue weighted by Crippen LogP contribution is 2.32. The van der Waals surface area contributed by atoms with Crippen LogP contribution in [0, 0.1) is 0 Å². The molecule has 0 fully saturated rings. The number of methoxy groups -OCH3 is 2. The van der Waals surface area contributed by atoms with Gasteiger partial charge in [-0.3, -0.25) is 9.69 Å². The highest BCUT2D eigenvalue weighted by molar-refractivity contribution is 6.21. The topological polar surface area (TPSA) is 59.0 Å². The van der Waals surface area contributed by atoms with Gasteiger partial charge in [-0.2, -0.15) is 0 Å². The van der Waals surface area contributed by atoms with E-state index in [1.165, 1.54) is 0 Å². The number of nitrogens with zero attached hydrogens (tertiary/aromatic N) is 1. The van der Waals surface area contributed by atoms with Crippen molar-refractivity contribution in [3.05, 3.63) is 23.8 Å². The van der Waals surface area contributed by atoms with Crippen molar-refractivity contribution in [2.24, 2.45) is 0 Å². The number of halogens is 1. The largest absolute Gasteiger partial charge is 0.493 e. The molecule has 0 saturated heterocycles. The van der Waals surface area contributed by atoms with Crippen LogP contribution in [0.1, 0.15) is 10.9 Å². The van der Waals surface area contributed by atoms with Gasteiger partial charge in [0, 0.05) is 6.54 Å². The molecule has 1 aromatic carbocycles. The molecule has 19 heavy (non-hydrogen) atoms. The van der Waals surface area contributed by atoms with Crippen molar-refractivity contribution in [1.82, 2.24) is 4.90 Å². The van der Waals surface area contributed by atoms with Crippen molar-refractivity contribution < 1.29 is 19.4 Å². The second-order valence-corrected chi connectivity index (χ2v) is 4.70. The van der Waals surface area contributed by atoms with Crippen LogP contribution in [0.2, 0.25) is 0 Å². The SMILES string of the molecule is COc1ccc(C(Cl)CN(C)CC(=O)O)cc1OC. The molecule has 1 atom stereocenters. The molecule has 0 radical (unpaired) electrons. The Morgan fingerprint density at radius 1 is 1.37 bits per heavy atom. The number of aliphatic carboxylic acids is 1. The Bertz CT molecular complexity index is 439. The van der Waals surface area contributed by atoms with Gasteiger partial charge in [0.15, 0.2) is 11.5 Å². The lowest BCUT2D eigenvalue weighted by Crippen LogP contribution is -2.28. The molecule has 1 unspecified atom stereocenters. The zero-order valence-corrected chi connectivity index (χ0v) is 12.0. The number of ether oxygens (including phenoxy) is 2. The van der Waals surface area contributed by atoms with E-state index < -0.39 is 5.97 Å². The first-order chi connectivity index (χ1) is 8.97. The minimum Gasteiger partial charge on any atom is -0.493 e. The fraction of sp³-hybridized carbons (Fsp3) is 0.462. The lowest BCUT2D eigenvalue weighted by molar-refractivity contribution is -0.137. The third kappa shape index (κ3) is 4.61. The van der Waals surface area contributed by atoms with Crippen molar-refractivity contribution in [3.8, 4) is 11.5 Å². The molecule has 106 valence electrons. The van der Waals surface area contributed by atoms with Crippen molar-refractivity contribution in [2.75, 3.05) is 34.4 Å². The van der Waals surface area contributed by atoms with Gasteiger partial charge >= 0.3 is 5.97 Å². The van der Waals surface area contributed by atoms with E-state index in [4.69, 9.17) is 26.2 Å². The van der Waals surface area contributed by atoms with Crippen LogP contribution in [-0.2, 0) is 4.79 Å². The Morgan fingerprint density at radius 3 is 2.53 bits per heavy atom. The summed E-state index contributed by atoms with van der Waals surface area (Å²) in [6.45, 7) is 0.389. The van der Waals surface area contributed by atoms with E-state index in [0.717, 1.165) is 5.56 Å². The summed E-state index contributed by atoms with van der Waals surface area (Å²) in [6, 6.07) is 5.42. The number of likely N-dealkylation sites (N-methyl/N-ethyl adjacent to an activating group) is 1. The van der Waals surface area contributed by atoms with E-state index in [9.17, 15) is 4.79 Å². The molecule has 0 saturated carbocycles. The predicted molar refractivity (Wildman–Crippen MR) is 73.3 cm³/mol. The van der Waals surface area contributed by atoms with Crippen LogP contribution in [-0.4, -0.2) is 50.3 Å². The van der Waals surface area contributed by atoms with Gasteiger partial charge in [0.05, 0.1) is 26.1 Å². The van der Waals surface area contributed by atoms with Crippen LogP contribution in [0.3, 0.4) is 0 Å². The molecule has 0 aliphatic carbocycles. The highest BCUT2D eigenvalue weighted by atomic mass is 35.5. The first kappa shape index (κ1) is 15.6. The predicted octanol–water partition coefficient (Wildman–Crippen LogP) is 2.00. The Hall–Kier alpha value is -1.46. The maximum Gasteiger partial charge on any atom is 0.317 e. The van der Waals surface area contributed by atoms with Gasteiger partial charge < -0.3 is 14.6 Å². The summed E-state index contributed by atoms with van der Waals surface area (Å²) >= 11 is 6.28. The summed E-state index contributed by atoms with van der Waals surface area (Å²) < 4.78 is 10.4. The van der Waals surface area contributed by atoms with Crippen molar-refractivity contribution in [1.29, 1.82) is 0 Å². The fourth-order valence-corrected chi connectivity index (χ4v) is 2.09. The molecule has 0 amide bonds. The van der Waals surface area contributed by atoms with Crippen molar-refractivity contribution >= 4 is 17.6 Å².